The molecule has 0 spiro atoms. The predicted octanol–water partition coefficient (Wildman–Crippen LogP) is 4.67. The molecule has 0 bridgehead atoms. The van der Waals surface area contributed by atoms with E-state index in [0.717, 1.165) is 44.3 Å². The topological polar surface area (TPSA) is 20.3 Å². The number of carbonyl (C=O) groups excluding carboxylic acids is 1. The van der Waals surface area contributed by atoms with Crippen LogP contribution in [0.1, 0.15) is 44.6 Å². The van der Waals surface area contributed by atoms with Crippen molar-refractivity contribution in [1.29, 1.82) is 0 Å². The van der Waals surface area contributed by atoms with E-state index >= 15 is 0 Å². The van der Waals surface area contributed by atoms with E-state index in [1.165, 1.54) is 6.42 Å². The molecular formula is C17H21Cl2NO. The minimum atomic E-state index is -0.404. The second-order valence-corrected chi connectivity index (χ2v) is 7.40. The molecule has 21 heavy (non-hydrogen) atoms. The van der Waals surface area contributed by atoms with Gasteiger partial charge in [0.15, 0.2) is 0 Å². The van der Waals surface area contributed by atoms with Gasteiger partial charge >= 0.3 is 0 Å². The Kier molecular flexibility index (Phi) is 4.20. The zero-order chi connectivity index (χ0) is 15.0. The fourth-order valence-corrected chi connectivity index (χ4v) is 4.27. The molecule has 1 atom stereocenters. The molecule has 1 saturated carbocycles. The lowest BCUT2D eigenvalue weighted by Crippen LogP contribution is -2.53. The molecule has 1 amide bonds. The van der Waals surface area contributed by atoms with E-state index in [4.69, 9.17) is 23.2 Å². The summed E-state index contributed by atoms with van der Waals surface area (Å²) in [5, 5.41) is 1.25. The number of likely N-dealkylation sites (tertiary alicyclic amines) is 1. The zero-order valence-electron chi connectivity index (χ0n) is 12.4. The molecule has 0 N–H and O–H groups in total. The van der Waals surface area contributed by atoms with Crippen LogP contribution in [0.5, 0.6) is 0 Å². The minimum Gasteiger partial charge on any atom is -0.342 e. The van der Waals surface area contributed by atoms with E-state index in [1.54, 1.807) is 6.07 Å². The van der Waals surface area contributed by atoms with Crippen LogP contribution in [-0.4, -0.2) is 23.9 Å². The number of carbonyl (C=O) groups is 1. The van der Waals surface area contributed by atoms with Gasteiger partial charge in [-0.1, -0.05) is 42.6 Å². The number of halogens is 2. The van der Waals surface area contributed by atoms with Gasteiger partial charge in [-0.15, -0.1) is 0 Å². The van der Waals surface area contributed by atoms with Gasteiger partial charge in [0.05, 0.1) is 5.41 Å². The number of benzene rings is 1. The molecule has 1 saturated heterocycles. The molecule has 1 aromatic rings. The fourth-order valence-electron chi connectivity index (χ4n) is 3.68. The summed E-state index contributed by atoms with van der Waals surface area (Å²) >= 11 is 12.4. The maximum Gasteiger partial charge on any atom is 0.233 e. The summed E-state index contributed by atoms with van der Waals surface area (Å²) in [6.07, 6.45) is 5.22. The Hall–Kier alpha value is -0.730. The van der Waals surface area contributed by atoms with E-state index in [-0.39, 0.29) is 5.91 Å². The van der Waals surface area contributed by atoms with Gasteiger partial charge < -0.3 is 4.90 Å². The van der Waals surface area contributed by atoms with Crippen LogP contribution in [-0.2, 0) is 10.2 Å². The standard InChI is InChI=1S/C17H21Cl2NO/c1-12-4-2-9-20(11-12)16(21)17(7-3-8-17)14-6-5-13(18)10-15(14)19/h5-6,10,12H,2-4,7-9,11H2,1H3. The van der Waals surface area contributed by atoms with Crippen molar-refractivity contribution in [3.8, 4) is 0 Å². The van der Waals surface area contributed by atoms with E-state index in [2.05, 4.69) is 11.8 Å². The lowest BCUT2D eigenvalue weighted by Gasteiger charge is -2.46. The zero-order valence-corrected chi connectivity index (χ0v) is 13.9. The summed E-state index contributed by atoms with van der Waals surface area (Å²) in [7, 11) is 0. The van der Waals surface area contributed by atoms with Crippen molar-refractivity contribution in [2.75, 3.05) is 13.1 Å². The number of hydrogen-bond acceptors (Lipinski definition) is 1. The maximum absolute atomic E-state index is 13.1. The molecule has 2 nitrogen and oxygen atoms in total. The van der Waals surface area contributed by atoms with Gasteiger partial charge in [-0.3, -0.25) is 4.79 Å². The van der Waals surface area contributed by atoms with E-state index in [0.29, 0.717) is 16.0 Å². The molecular weight excluding hydrogens is 305 g/mol. The normalized spacial score (nSPS) is 24.5. The number of hydrogen-bond donors (Lipinski definition) is 0. The van der Waals surface area contributed by atoms with Crippen molar-refractivity contribution in [1.82, 2.24) is 4.90 Å². The molecule has 4 heteroatoms. The lowest BCUT2D eigenvalue weighted by molar-refractivity contribution is -0.142. The highest BCUT2D eigenvalue weighted by Crippen LogP contribution is 2.48. The second kappa shape index (κ2) is 5.81. The van der Waals surface area contributed by atoms with Gasteiger partial charge in [0.25, 0.3) is 0 Å². The second-order valence-electron chi connectivity index (χ2n) is 6.56. The summed E-state index contributed by atoms with van der Waals surface area (Å²) in [6, 6.07) is 5.54. The molecule has 1 aliphatic carbocycles. The molecule has 1 aromatic carbocycles. The minimum absolute atomic E-state index is 0.268. The summed E-state index contributed by atoms with van der Waals surface area (Å²) < 4.78 is 0. The Bertz CT molecular complexity index is 554. The smallest absolute Gasteiger partial charge is 0.233 e. The average molecular weight is 326 g/mol. The third-order valence-electron chi connectivity index (χ3n) is 5.01. The van der Waals surface area contributed by atoms with Crippen LogP contribution in [0.25, 0.3) is 0 Å². The van der Waals surface area contributed by atoms with Gasteiger partial charge in [-0.2, -0.15) is 0 Å². The maximum atomic E-state index is 13.1. The monoisotopic (exact) mass is 325 g/mol. The molecule has 114 valence electrons. The highest BCUT2D eigenvalue weighted by Gasteiger charge is 2.49. The van der Waals surface area contributed by atoms with E-state index < -0.39 is 5.41 Å². The highest BCUT2D eigenvalue weighted by atomic mass is 35.5. The third kappa shape index (κ3) is 2.68. The quantitative estimate of drug-likeness (QED) is 0.773. The van der Waals surface area contributed by atoms with E-state index in [9.17, 15) is 4.79 Å². The Balaban J connectivity index is 1.90. The van der Waals surface area contributed by atoms with Crippen LogP contribution in [0.3, 0.4) is 0 Å². The molecule has 1 aliphatic heterocycles. The van der Waals surface area contributed by atoms with Crippen molar-refractivity contribution >= 4 is 29.1 Å². The first kappa shape index (κ1) is 15.2. The summed E-state index contributed by atoms with van der Waals surface area (Å²) in [5.41, 5.74) is 0.557. The van der Waals surface area contributed by atoms with Crippen LogP contribution in [0.2, 0.25) is 10.0 Å². The number of amides is 1. The van der Waals surface area contributed by atoms with Crippen LogP contribution < -0.4 is 0 Å². The van der Waals surface area contributed by atoms with E-state index in [1.807, 2.05) is 12.1 Å². The van der Waals surface area contributed by atoms with Crippen molar-refractivity contribution < 1.29 is 4.79 Å². The SMILES string of the molecule is CC1CCCN(C(=O)C2(c3ccc(Cl)cc3Cl)CCC2)C1. The molecule has 3 rings (SSSR count). The van der Waals surface area contributed by atoms with Crippen LogP contribution in [0, 0.1) is 5.92 Å². The highest BCUT2D eigenvalue weighted by molar-refractivity contribution is 6.35. The number of piperidine rings is 1. The predicted molar refractivity (Wildman–Crippen MR) is 87.0 cm³/mol. The van der Waals surface area contributed by atoms with Gasteiger partial charge in [0.1, 0.15) is 0 Å². The first-order valence-electron chi connectivity index (χ1n) is 7.78. The molecule has 2 aliphatic rings. The first-order valence-corrected chi connectivity index (χ1v) is 8.53. The molecule has 0 aromatic heterocycles. The van der Waals surface area contributed by atoms with Crippen LogP contribution in [0.15, 0.2) is 18.2 Å². The third-order valence-corrected chi connectivity index (χ3v) is 5.56. The van der Waals surface area contributed by atoms with Gasteiger partial charge in [-0.25, -0.2) is 0 Å². The lowest BCUT2D eigenvalue weighted by atomic mass is 9.63. The van der Waals surface area contributed by atoms with Gasteiger partial charge in [0.2, 0.25) is 5.91 Å². The summed E-state index contributed by atoms with van der Waals surface area (Å²) in [4.78, 5) is 15.2. The number of nitrogens with zero attached hydrogens (tertiary/aromatic N) is 1. The number of rotatable bonds is 2. The summed E-state index contributed by atoms with van der Waals surface area (Å²) in [5.74, 6) is 0.866. The van der Waals surface area contributed by atoms with Crippen molar-refractivity contribution in [3.05, 3.63) is 33.8 Å². The first-order chi connectivity index (χ1) is 10.0. The summed E-state index contributed by atoms with van der Waals surface area (Å²) in [6.45, 7) is 3.99. The average Bonchev–Trinajstić information content (AvgIpc) is 2.39. The fraction of sp³-hybridized carbons (Fsp3) is 0.588. The Morgan fingerprint density at radius 1 is 1.29 bits per heavy atom. The van der Waals surface area contributed by atoms with Crippen molar-refractivity contribution in [2.45, 2.75) is 44.4 Å². The Morgan fingerprint density at radius 2 is 2.05 bits per heavy atom. The largest absolute Gasteiger partial charge is 0.342 e. The molecule has 1 unspecified atom stereocenters. The van der Waals surface area contributed by atoms with Gasteiger partial charge in [-0.05, 0) is 49.3 Å². The van der Waals surface area contributed by atoms with Crippen LogP contribution >= 0.6 is 23.2 Å². The van der Waals surface area contributed by atoms with Crippen molar-refractivity contribution in [2.24, 2.45) is 5.92 Å². The molecule has 0 radical (unpaired) electrons. The van der Waals surface area contributed by atoms with Crippen molar-refractivity contribution in [3.63, 3.8) is 0 Å². The Morgan fingerprint density at radius 3 is 2.62 bits per heavy atom. The van der Waals surface area contributed by atoms with Gasteiger partial charge in [0, 0.05) is 23.1 Å². The Labute approximate surface area is 136 Å². The molecule has 2 fully saturated rings. The molecule has 1 heterocycles. The van der Waals surface area contributed by atoms with Crippen LogP contribution in [0.4, 0.5) is 0 Å².